The molecule has 0 saturated heterocycles. The van der Waals surface area contributed by atoms with E-state index in [1.54, 1.807) is 13.2 Å². The lowest BCUT2D eigenvalue weighted by Crippen LogP contribution is -2.88. The minimum atomic E-state index is -0.285. The molecule has 0 aliphatic rings. The van der Waals surface area contributed by atoms with Gasteiger partial charge in [0.05, 0.1) is 6.61 Å². The van der Waals surface area contributed by atoms with Crippen LogP contribution in [0.3, 0.4) is 0 Å². The van der Waals surface area contributed by atoms with E-state index in [0.29, 0.717) is 24.1 Å². The second kappa shape index (κ2) is 7.07. The van der Waals surface area contributed by atoms with Crippen LogP contribution < -0.4 is 10.9 Å². The van der Waals surface area contributed by atoms with E-state index in [0.717, 1.165) is 17.5 Å². The molecule has 0 fully saturated rings. The van der Waals surface area contributed by atoms with Crippen LogP contribution in [-0.2, 0) is 11.3 Å². The quantitative estimate of drug-likeness (QED) is 0.833. The average molecular weight is 304 g/mol. The largest absolute Gasteiger partial charge is 0.423 e. The number of aryl methyl sites for hydroxylation is 1. The lowest BCUT2D eigenvalue weighted by Gasteiger charge is -2.14. The average Bonchev–Trinajstić information content (AvgIpc) is 2.43. The number of fused-ring (bicyclic) bond motifs is 1. The Hall–Kier alpha value is -1.65. The molecule has 1 aromatic carbocycles. The molecular formula is C18H26NO3+. The Balaban J connectivity index is 2.43. The normalized spacial score (nSPS) is 13.0. The van der Waals surface area contributed by atoms with Gasteiger partial charge in [-0.15, -0.1) is 0 Å². The molecule has 4 nitrogen and oxygen atoms in total. The first-order valence-electron chi connectivity index (χ1n) is 7.82. The fraction of sp³-hybridized carbons (Fsp3) is 0.500. The van der Waals surface area contributed by atoms with Gasteiger partial charge in [0.25, 0.3) is 0 Å². The van der Waals surface area contributed by atoms with Crippen LogP contribution >= 0.6 is 0 Å². The summed E-state index contributed by atoms with van der Waals surface area (Å²) >= 11 is 0. The highest BCUT2D eigenvalue weighted by Gasteiger charge is 2.13. The Morgan fingerprint density at radius 1 is 1.23 bits per heavy atom. The second-order valence-electron chi connectivity index (χ2n) is 6.32. The summed E-state index contributed by atoms with van der Waals surface area (Å²) in [6.07, 6.45) is 0. The highest BCUT2D eigenvalue weighted by molar-refractivity contribution is 5.82. The fourth-order valence-electron chi connectivity index (χ4n) is 2.84. The van der Waals surface area contributed by atoms with Crippen molar-refractivity contribution < 1.29 is 14.5 Å². The van der Waals surface area contributed by atoms with Crippen molar-refractivity contribution in [2.45, 2.75) is 46.2 Å². The zero-order chi connectivity index (χ0) is 16.3. The summed E-state index contributed by atoms with van der Waals surface area (Å²) in [5, 5.41) is 3.22. The van der Waals surface area contributed by atoms with E-state index in [-0.39, 0.29) is 5.63 Å². The van der Waals surface area contributed by atoms with Crippen LogP contribution in [0.4, 0.5) is 0 Å². The maximum absolute atomic E-state index is 11.8. The van der Waals surface area contributed by atoms with Crippen molar-refractivity contribution >= 4 is 11.0 Å². The molecule has 0 spiro atoms. The minimum absolute atomic E-state index is 0.285. The second-order valence-corrected chi connectivity index (χ2v) is 6.32. The van der Waals surface area contributed by atoms with Gasteiger partial charge in [0.2, 0.25) is 0 Å². The summed E-state index contributed by atoms with van der Waals surface area (Å²) in [4.78, 5) is 11.8. The van der Waals surface area contributed by atoms with Gasteiger partial charge in [-0.25, -0.2) is 4.79 Å². The van der Waals surface area contributed by atoms with E-state index in [2.05, 4.69) is 39.1 Å². The summed E-state index contributed by atoms with van der Waals surface area (Å²) in [6.45, 7) is 9.97. The Bertz CT molecular complexity index is 703. The maximum atomic E-state index is 11.8. The summed E-state index contributed by atoms with van der Waals surface area (Å²) in [5.74, 6) is 0.445. The van der Waals surface area contributed by atoms with Gasteiger partial charge >= 0.3 is 5.63 Å². The standard InChI is InChI=1S/C18H25NO3/c1-11(2)15-8-16-14(9-19-13(4)10-21-5)7-18(20)22-17(16)6-12(15)3/h6-8,11,13,19H,9-10H2,1-5H3/p+1/t13-/m0/s1. The summed E-state index contributed by atoms with van der Waals surface area (Å²) < 4.78 is 10.5. The van der Waals surface area contributed by atoms with Crippen molar-refractivity contribution in [3.63, 3.8) is 0 Å². The number of methoxy groups -OCH3 is 1. The first kappa shape index (κ1) is 16.7. The van der Waals surface area contributed by atoms with E-state index in [1.165, 1.54) is 11.1 Å². The van der Waals surface area contributed by atoms with Crippen LogP contribution in [0, 0.1) is 6.92 Å². The molecule has 1 aromatic heterocycles. The molecule has 1 heterocycles. The first-order chi connectivity index (χ1) is 10.4. The van der Waals surface area contributed by atoms with Crippen molar-refractivity contribution in [1.29, 1.82) is 0 Å². The van der Waals surface area contributed by atoms with E-state index < -0.39 is 0 Å². The molecule has 2 N–H and O–H groups in total. The zero-order valence-electron chi connectivity index (χ0n) is 14.1. The molecule has 0 radical (unpaired) electrons. The number of hydrogen-bond donors (Lipinski definition) is 1. The van der Waals surface area contributed by atoms with Gasteiger partial charge in [0.15, 0.2) is 0 Å². The summed E-state index contributed by atoms with van der Waals surface area (Å²) in [5.41, 5.74) is 3.88. The van der Waals surface area contributed by atoms with Crippen LogP contribution in [0.1, 0.15) is 43.4 Å². The van der Waals surface area contributed by atoms with Crippen LogP contribution in [0.25, 0.3) is 11.0 Å². The van der Waals surface area contributed by atoms with E-state index in [1.807, 2.05) is 6.07 Å². The summed E-state index contributed by atoms with van der Waals surface area (Å²) in [7, 11) is 1.70. The Morgan fingerprint density at radius 3 is 2.59 bits per heavy atom. The lowest BCUT2D eigenvalue weighted by molar-refractivity contribution is -0.702. The molecule has 22 heavy (non-hydrogen) atoms. The van der Waals surface area contributed by atoms with Gasteiger partial charge < -0.3 is 14.5 Å². The van der Waals surface area contributed by atoms with Crippen molar-refractivity contribution in [1.82, 2.24) is 0 Å². The monoisotopic (exact) mass is 304 g/mol. The molecule has 2 aromatic rings. The van der Waals surface area contributed by atoms with Gasteiger partial charge in [0, 0.05) is 24.1 Å². The van der Waals surface area contributed by atoms with Crippen molar-refractivity contribution in [2.75, 3.05) is 13.7 Å². The zero-order valence-corrected chi connectivity index (χ0v) is 14.1. The number of benzene rings is 1. The van der Waals surface area contributed by atoms with Crippen LogP contribution in [0.15, 0.2) is 27.4 Å². The number of quaternary nitrogens is 1. The summed E-state index contributed by atoms with van der Waals surface area (Å²) in [6, 6.07) is 6.11. The number of hydrogen-bond acceptors (Lipinski definition) is 3. The van der Waals surface area contributed by atoms with Crippen LogP contribution in [0.5, 0.6) is 0 Å². The van der Waals surface area contributed by atoms with Gasteiger partial charge in [-0.3, -0.25) is 0 Å². The molecule has 4 heteroatoms. The van der Waals surface area contributed by atoms with Gasteiger partial charge in [-0.2, -0.15) is 0 Å². The predicted octanol–water partition coefficient (Wildman–Crippen LogP) is 2.32. The van der Waals surface area contributed by atoms with Gasteiger partial charge in [-0.05, 0) is 43.0 Å². The van der Waals surface area contributed by atoms with Crippen molar-refractivity contribution in [3.05, 3.63) is 45.3 Å². The smallest absolute Gasteiger partial charge is 0.336 e. The Morgan fingerprint density at radius 2 is 1.95 bits per heavy atom. The third kappa shape index (κ3) is 3.76. The number of ether oxygens (including phenoxy) is 1. The fourth-order valence-corrected chi connectivity index (χ4v) is 2.84. The third-order valence-electron chi connectivity index (χ3n) is 4.01. The molecular weight excluding hydrogens is 278 g/mol. The molecule has 0 aliphatic carbocycles. The number of rotatable bonds is 6. The van der Waals surface area contributed by atoms with E-state index >= 15 is 0 Å². The molecule has 2 rings (SSSR count). The third-order valence-corrected chi connectivity index (χ3v) is 4.01. The molecule has 0 saturated carbocycles. The lowest BCUT2D eigenvalue weighted by atomic mass is 9.95. The van der Waals surface area contributed by atoms with E-state index in [4.69, 9.17) is 9.15 Å². The van der Waals surface area contributed by atoms with E-state index in [9.17, 15) is 4.79 Å². The molecule has 0 unspecified atom stereocenters. The topological polar surface area (TPSA) is 56.0 Å². The van der Waals surface area contributed by atoms with Crippen molar-refractivity contribution in [2.24, 2.45) is 0 Å². The van der Waals surface area contributed by atoms with Gasteiger partial charge in [0.1, 0.15) is 18.2 Å². The number of nitrogens with two attached hydrogens (primary N) is 1. The first-order valence-corrected chi connectivity index (χ1v) is 7.82. The highest BCUT2D eigenvalue weighted by Crippen LogP contribution is 2.26. The van der Waals surface area contributed by atoms with Crippen molar-refractivity contribution in [3.8, 4) is 0 Å². The van der Waals surface area contributed by atoms with Crippen LogP contribution in [0.2, 0.25) is 0 Å². The molecule has 1 atom stereocenters. The molecule has 120 valence electrons. The van der Waals surface area contributed by atoms with Gasteiger partial charge in [-0.1, -0.05) is 13.8 Å². The highest BCUT2D eigenvalue weighted by atomic mass is 16.5. The minimum Gasteiger partial charge on any atom is -0.423 e. The molecule has 0 bridgehead atoms. The Labute approximate surface area is 131 Å². The Kier molecular flexibility index (Phi) is 5.37. The predicted molar refractivity (Wildman–Crippen MR) is 88.3 cm³/mol. The maximum Gasteiger partial charge on any atom is 0.336 e. The SMILES string of the molecule is COC[C@H](C)[NH2+]Cc1cc(=O)oc2cc(C)c(C(C)C)cc12. The molecule has 0 aliphatic heterocycles. The van der Waals surface area contributed by atoms with Crippen LogP contribution in [-0.4, -0.2) is 19.8 Å². The molecule has 0 amide bonds.